The highest BCUT2D eigenvalue weighted by molar-refractivity contribution is 6.03. The fraction of sp³-hybridized carbons (Fsp3) is 0.500. The van der Waals surface area contributed by atoms with Crippen molar-refractivity contribution in [3.05, 3.63) is 47.7 Å². The molecule has 2 fully saturated rings. The number of ether oxygens (including phenoxy) is 4. The van der Waals surface area contributed by atoms with E-state index in [0.717, 1.165) is 13.0 Å². The molecule has 0 aliphatic carbocycles. The van der Waals surface area contributed by atoms with Crippen LogP contribution in [0, 0.1) is 35.3 Å². The zero-order valence-electron chi connectivity index (χ0n) is 31.7. The molecule has 0 radical (unpaired) electrons. The van der Waals surface area contributed by atoms with Crippen LogP contribution in [-0.2, 0) is 9.47 Å². The molecule has 14 heteroatoms. The van der Waals surface area contributed by atoms with Gasteiger partial charge in [-0.25, -0.2) is 18.6 Å². The molecule has 1 amide bonds. The molecule has 2 saturated heterocycles. The minimum Gasteiger partial charge on any atom is -0.468 e. The highest BCUT2D eigenvalue weighted by Gasteiger charge is 2.40. The molecule has 0 N–H and O–H groups in total. The van der Waals surface area contributed by atoms with Gasteiger partial charge < -0.3 is 23.8 Å². The molecule has 0 spiro atoms. The molecule has 2 aromatic carbocycles. The number of hydrogen-bond acceptors (Lipinski definition) is 10. The first-order valence-corrected chi connectivity index (χ1v) is 18.1. The summed E-state index contributed by atoms with van der Waals surface area (Å²) >= 11 is 0. The molecular weight excluding hydrogens is 701 g/mol. The quantitative estimate of drug-likeness (QED) is 0.126. The normalized spacial score (nSPS) is 19.8. The lowest BCUT2D eigenvalue weighted by atomic mass is 9.73. The van der Waals surface area contributed by atoms with E-state index in [2.05, 4.69) is 20.8 Å². The molecule has 4 aromatic rings. The minimum absolute atomic E-state index is 0.0561. The second-order valence-corrected chi connectivity index (χ2v) is 15.3. The van der Waals surface area contributed by atoms with E-state index in [4.69, 9.17) is 30.4 Å². The summed E-state index contributed by atoms with van der Waals surface area (Å²) in [6.45, 7) is 8.77. The Kier molecular flexibility index (Phi) is 11.4. The van der Waals surface area contributed by atoms with Gasteiger partial charge in [0.2, 0.25) is 0 Å². The second-order valence-electron chi connectivity index (χ2n) is 15.3. The summed E-state index contributed by atoms with van der Waals surface area (Å²) in [5.41, 5.74) is -1.61. The van der Waals surface area contributed by atoms with Gasteiger partial charge in [0.1, 0.15) is 28.4 Å². The Balaban J connectivity index is 1.56. The summed E-state index contributed by atoms with van der Waals surface area (Å²) in [6.07, 6.45) is 9.52. The first-order valence-electron chi connectivity index (χ1n) is 18.1. The summed E-state index contributed by atoms with van der Waals surface area (Å²) in [5, 5.41) is 4.09. The molecule has 2 unspecified atom stereocenters. The summed E-state index contributed by atoms with van der Waals surface area (Å²) in [6, 6.07) is 5.78. The second kappa shape index (κ2) is 15.8. The Morgan fingerprint density at radius 1 is 1.09 bits per heavy atom. The first-order chi connectivity index (χ1) is 25.8. The topological polar surface area (TPSA) is 102 Å². The number of pyridine rings is 1. The summed E-state index contributed by atoms with van der Waals surface area (Å²) in [7, 11) is 3.44. The van der Waals surface area contributed by atoms with Crippen LogP contribution in [0.5, 0.6) is 11.8 Å². The van der Waals surface area contributed by atoms with Gasteiger partial charge in [0, 0.05) is 49.3 Å². The van der Waals surface area contributed by atoms with Crippen LogP contribution in [0.15, 0.2) is 30.5 Å². The molecule has 54 heavy (non-hydrogen) atoms. The molecule has 0 saturated carbocycles. The highest BCUT2D eigenvalue weighted by Crippen LogP contribution is 2.40. The number of rotatable bonds is 9. The average molecular weight is 749 g/mol. The van der Waals surface area contributed by atoms with Crippen LogP contribution < -0.4 is 14.5 Å². The highest BCUT2D eigenvalue weighted by atomic mass is 19.1. The van der Waals surface area contributed by atoms with Crippen molar-refractivity contribution in [1.82, 2.24) is 24.9 Å². The maximum atomic E-state index is 17.3. The summed E-state index contributed by atoms with van der Waals surface area (Å²) < 4.78 is 69.7. The number of amides is 1. The zero-order valence-corrected chi connectivity index (χ0v) is 31.7. The Morgan fingerprint density at radius 3 is 2.59 bits per heavy atom. The molecule has 2 aliphatic rings. The molecule has 4 heterocycles. The van der Waals surface area contributed by atoms with Crippen molar-refractivity contribution < 1.29 is 36.9 Å². The number of nitrogens with zero attached hydrogens (tertiary/aromatic N) is 6. The van der Waals surface area contributed by atoms with Crippen molar-refractivity contribution in [3.8, 4) is 35.4 Å². The van der Waals surface area contributed by atoms with Crippen LogP contribution in [0.4, 0.5) is 23.8 Å². The molecule has 6 rings (SSSR count). The Bertz CT molecular complexity index is 2070. The van der Waals surface area contributed by atoms with Crippen molar-refractivity contribution in [2.75, 3.05) is 65.4 Å². The number of hydrazine groups is 1. The van der Waals surface area contributed by atoms with Crippen molar-refractivity contribution in [3.63, 3.8) is 0 Å². The van der Waals surface area contributed by atoms with Crippen LogP contribution in [0.3, 0.4) is 0 Å². The lowest BCUT2D eigenvalue weighted by Crippen LogP contribution is -2.50. The van der Waals surface area contributed by atoms with Gasteiger partial charge in [-0.1, -0.05) is 18.9 Å². The van der Waals surface area contributed by atoms with Gasteiger partial charge in [-0.2, -0.15) is 9.97 Å². The molecule has 2 aromatic heterocycles. The number of halogens is 3. The molecule has 2 aliphatic heterocycles. The third-order valence-electron chi connectivity index (χ3n) is 10.0. The van der Waals surface area contributed by atoms with Crippen LogP contribution in [0.25, 0.3) is 32.9 Å². The van der Waals surface area contributed by atoms with Gasteiger partial charge in [-0.15, -0.1) is 6.42 Å². The number of anilines is 1. The predicted molar refractivity (Wildman–Crippen MR) is 200 cm³/mol. The van der Waals surface area contributed by atoms with E-state index in [-0.39, 0.29) is 64.3 Å². The van der Waals surface area contributed by atoms with Crippen molar-refractivity contribution in [1.29, 1.82) is 0 Å². The van der Waals surface area contributed by atoms with Crippen LogP contribution in [0.2, 0.25) is 0 Å². The van der Waals surface area contributed by atoms with Gasteiger partial charge in [-0.3, -0.25) is 14.4 Å². The maximum Gasteiger partial charge on any atom is 0.429 e. The van der Waals surface area contributed by atoms with Crippen LogP contribution in [0.1, 0.15) is 58.9 Å². The Hall–Kier alpha value is -4.87. The molecular formula is C40H47F3N6O5. The summed E-state index contributed by atoms with van der Waals surface area (Å²) in [5.74, 6) is 1.13. The Labute approximate surface area is 313 Å². The summed E-state index contributed by atoms with van der Waals surface area (Å²) in [4.78, 5) is 29.7. The molecule has 11 nitrogen and oxygen atoms in total. The number of carbonyl (C=O) groups excluding carboxylic acids is 1. The number of hydrogen-bond donors (Lipinski definition) is 0. The van der Waals surface area contributed by atoms with Gasteiger partial charge >= 0.3 is 12.1 Å². The van der Waals surface area contributed by atoms with Crippen molar-refractivity contribution in [2.24, 2.45) is 11.3 Å². The number of carbonyl (C=O) groups is 1. The van der Waals surface area contributed by atoms with E-state index in [1.54, 1.807) is 31.8 Å². The minimum atomic E-state index is -0.859. The third kappa shape index (κ3) is 7.98. The van der Waals surface area contributed by atoms with E-state index in [1.807, 2.05) is 14.0 Å². The van der Waals surface area contributed by atoms with Gasteiger partial charge in [0.15, 0.2) is 18.4 Å². The molecule has 288 valence electrons. The number of aromatic nitrogens is 3. The average Bonchev–Trinajstić information content (AvgIpc) is 3.39. The number of piperidine rings is 1. The number of fused-ring (bicyclic) bond motifs is 2. The smallest absolute Gasteiger partial charge is 0.429 e. The maximum absolute atomic E-state index is 17.3. The first kappa shape index (κ1) is 38.8. The third-order valence-corrected chi connectivity index (χ3v) is 10.0. The van der Waals surface area contributed by atoms with Gasteiger partial charge in [0.25, 0.3) is 0 Å². The predicted octanol–water partition coefficient (Wildman–Crippen LogP) is 7.54. The van der Waals surface area contributed by atoms with E-state index in [9.17, 15) is 9.18 Å². The standard InChI is InChI=1S/C40H47F3N6O5/c1-8-28-31(42)13-12-25-18-27(53-24-51-7)19-29(32(25)28)34-33(43)35-30(21-44-34)36(48-15-10-9-11-16-49(48)38(50)54-39(2,3)4)46-37(45-35)52-23-40(5)22-47(6)17-14-26(40)20-41/h1,12-13,18-19,21,26H,9-11,14-17,20,22-24H2,2-7H3. The van der Waals surface area contributed by atoms with E-state index >= 15 is 8.78 Å². The largest absolute Gasteiger partial charge is 0.468 e. The number of benzene rings is 2. The zero-order chi connectivity index (χ0) is 38.8. The number of terminal acetylenes is 1. The fourth-order valence-corrected chi connectivity index (χ4v) is 7.29. The lowest BCUT2D eigenvalue weighted by Gasteiger charge is -2.43. The van der Waals surface area contributed by atoms with Crippen LogP contribution >= 0.6 is 0 Å². The van der Waals surface area contributed by atoms with E-state index in [1.165, 1.54) is 36.5 Å². The number of methoxy groups -OCH3 is 1. The van der Waals surface area contributed by atoms with E-state index in [0.29, 0.717) is 50.0 Å². The molecule has 2 atom stereocenters. The lowest BCUT2D eigenvalue weighted by molar-refractivity contribution is 0.000266. The van der Waals surface area contributed by atoms with Gasteiger partial charge in [0.05, 0.1) is 24.2 Å². The fourth-order valence-electron chi connectivity index (χ4n) is 7.29. The van der Waals surface area contributed by atoms with Crippen molar-refractivity contribution >= 4 is 33.6 Å². The van der Waals surface area contributed by atoms with Gasteiger partial charge in [-0.05, 0) is 89.6 Å². The van der Waals surface area contributed by atoms with Crippen LogP contribution in [-0.4, -0.2) is 97.0 Å². The SMILES string of the molecule is C#Cc1c(F)ccc2cc(OCOC)cc(-c3ncc4c(N5CCCCCN5C(=O)OC(C)(C)C)nc(OCC5(C)CN(C)CCC5CF)nc4c3F)c12. The molecule has 0 bridgehead atoms. The van der Waals surface area contributed by atoms with E-state index < -0.39 is 35.4 Å². The monoisotopic (exact) mass is 748 g/mol. The van der Waals surface area contributed by atoms with Crippen molar-refractivity contribution in [2.45, 2.75) is 59.0 Å². The number of alkyl halides is 1. The Morgan fingerprint density at radius 2 is 1.87 bits per heavy atom. The number of likely N-dealkylation sites (tertiary alicyclic amines) is 1.